The monoisotopic (exact) mass is 947 g/mol. The number of carbonyl (C=O) groups is 3. The molecule has 398 valence electrons. The maximum Gasteiger partial charge on any atom is 0.306 e. The zero-order valence-electron chi connectivity index (χ0n) is 46.2. The Kier molecular flexibility index (Phi) is 51.0. The quantitative estimate of drug-likeness (QED) is 0.0343. The first kappa shape index (κ1) is 65.4. The van der Waals surface area contributed by atoms with Gasteiger partial charge in [0.25, 0.3) is 0 Å². The van der Waals surface area contributed by atoms with E-state index in [2.05, 4.69) is 41.5 Å². The number of unbranched alkanes of at least 4 members (excludes halogenated alkanes) is 37. The van der Waals surface area contributed by atoms with Crippen LogP contribution in [0.25, 0.3) is 0 Å². The second-order valence-electron chi connectivity index (χ2n) is 22.4. The molecular weight excluding hydrogens is 829 g/mol. The van der Waals surface area contributed by atoms with E-state index in [9.17, 15) is 14.4 Å². The first-order valence-electron chi connectivity index (χ1n) is 30.1. The van der Waals surface area contributed by atoms with Gasteiger partial charge >= 0.3 is 17.9 Å². The minimum Gasteiger partial charge on any atom is -0.462 e. The summed E-state index contributed by atoms with van der Waals surface area (Å²) >= 11 is 0. The van der Waals surface area contributed by atoms with Gasteiger partial charge in [0.1, 0.15) is 13.2 Å². The highest BCUT2D eigenvalue weighted by molar-refractivity contribution is 5.71. The van der Waals surface area contributed by atoms with Crippen LogP contribution >= 0.6 is 0 Å². The topological polar surface area (TPSA) is 78.9 Å². The molecule has 6 heteroatoms. The maximum absolute atomic E-state index is 12.9. The van der Waals surface area contributed by atoms with Crippen LogP contribution in [0, 0.1) is 17.8 Å². The summed E-state index contributed by atoms with van der Waals surface area (Å²) in [5, 5.41) is 0. The minimum absolute atomic E-state index is 0.0636. The fourth-order valence-electron chi connectivity index (χ4n) is 9.35. The van der Waals surface area contributed by atoms with Gasteiger partial charge < -0.3 is 14.2 Å². The van der Waals surface area contributed by atoms with Gasteiger partial charge in [-0.25, -0.2) is 0 Å². The van der Waals surface area contributed by atoms with Gasteiger partial charge in [-0.1, -0.05) is 298 Å². The van der Waals surface area contributed by atoms with Crippen molar-refractivity contribution in [3.63, 3.8) is 0 Å². The van der Waals surface area contributed by atoms with Crippen molar-refractivity contribution in [2.75, 3.05) is 13.2 Å². The Morgan fingerprint density at radius 1 is 0.254 bits per heavy atom. The number of hydrogen-bond donors (Lipinski definition) is 0. The third-order valence-electron chi connectivity index (χ3n) is 13.9. The molecule has 0 heterocycles. The van der Waals surface area contributed by atoms with Crippen molar-refractivity contribution in [2.24, 2.45) is 17.8 Å². The maximum atomic E-state index is 12.9. The number of ether oxygens (including phenoxy) is 3. The molecule has 0 saturated carbocycles. The lowest BCUT2D eigenvalue weighted by atomic mass is 10.0. The molecule has 0 aliphatic carbocycles. The van der Waals surface area contributed by atoms with Crippen LogP contribution in [0.4, 0.5) is 0 Å². The van der Waals surface area contributed by atoms with Crippen molar-refractivity contribution in [2.45, 2.75) is 343 Å². The fourth-order valence-corrected chi connectivity index (χ4v) is 9.35. The van der Waals surface area contributed by atoms with Crippen LogP contribution in [0.2, 0.25) is 0 Å². The first-order valence-corrected chi connectivity index (χ1v) is 30.1. The molecule has 0 bridgehead atoms. The molecule has 0 radical (unpaired) electrons. The summed E-state index contributed by atoms with van der Waals surface area (Å²) in [5.74, 6) is 1.66. The number of rotatable bonds is 54. The van der Waals surface area contributed by atoms with Crippen LogP contribution in [-0.4, -0.2) is 37.2 Å². The predicted molar refractivity (Wildman–Crippen MR) is 289 cm³/mol. The third kappa shape index (κ3) is 55.2. The number of esters is 3. The van der Waals surface area contributed by atoms with Crippen molar-refractivity contribution >= 4 is 17.9 Å². The summed E-state index contributed by atoms with van der Waals surface area (Å²) in [5.41, 5.74) is 0. The Bertz CT molecular complexity index is 1040. The summed E-state index contributed by atoms with van der Waals surface area (Å²) in [4.78, 5) is 38.2. The lowest BCUT2D eigenvalue weighted by molar-refractivity contribution is -0.167. The van der Waals surface area contributed by atoms with Crippen LogP contribution < -0.4 is 0 Å². The van der Waals surface area contributed by atoms with Crippen molar-refractivity contribution in [3.8, 4) is 0 Å². The van der Waals surface area contributed by atoms with Gasteiger partial charge in [0.2, 0.25) is 0 Å². The lowest BCUT2D eigenvalue weighted by Gasteiger charge is -2.18. The van der Waals surface area contributed by atoms with E-state index in [4.69, 9.17) is 14.2 Å². The highest BCUT2D eigenvalue weighted by Crippen LogP contribution is 2.19. The molecule has 0 N–H and O–H groups in total. The van der Waals surface area contributed by atoms with Gasteiger partial charge in [-0.3, -0.25) is 14.4 Å². The van der Waals surface area contributed by atoms with E-state index in [-0.39, 0.29) is 31.1 Å². The number of hydrogen-bond acceptors (Lipinski definition) is 6. The Balaban J connectivity index is 4.24. The Morgan fingerprint density at radius 3 is 0.642 bits per heavy atom. The van der Waals surface area contributed by atoms with E-state index in [1.807, 2.05) is 0 Å². The van der Waals surface area contributed by atoms with E-state index in [1.54, 1.807) is 0 Å². The molecule has 6 nitrogen and oxygen atoms in total. The SMILES string of the molecule is CC(C)CCCCCCCCCCCCCCCCCCCCC(=O)O[C@H](COC(=O)CCCCCCCCCCCCCCCCC(C)C)COC(=O)CCCCCCCCCCC(C)C. The molecule has 0 aromatic carbocycles. The summed E-state index contributed by atoms with van der Waals surface area (Å²) < 4.78 is 16.9. The van der Waals surface area contributed by atoms with Gasteiger partial charge in [0, 0.05) is 19.3 Å². The molecule has 0 amide bonds. The van der Waals surface area contributed by atoms with Crippen LogP contribution in [0.5, 0.6) is 0 Å². The fraction of sp³-hybridized carbons (Fsp3) is 0.951. The molecule has 0 unspecified atom stereocenters. The lowest BCUT2D eigenvalue weighted by Crippen LogP contribution is -2.30. The van der Waals surface area contributed by atoms with E-state index >= 15 is 0 Å². The molecule has 67 heavy (non-hydrogen) atoms. The Hall–Kier alpha value is -1.59. The third-order valence-corrected chi connectivity index (χ3v) is 13.9. The van der Waals surface area contributed by atoms with Crippen LogP contribution in [0.15, 0.2) is 0 Å². The van der Waals surface area contributed by atoms with E-state index in [1.165, 1.54) is 218 Å². The van der Waals surface area contributed by atoms with Gasteiger partial charge in [-0.2, -0.15) is 0 Å². The standard InChI is InChI=1S/C61H118O6/c1-55(2)47-41-35-29-23-19-15-11-9-7-8-10-12-18-22-26-34-40-46-52-61(64)67-58(54-66-60(63)51-45-39-33-28-27-31-37-43-49-57(5)6)53-65-59(62)50-44-38-32-25-21-17-14-13-16-20-24-30-36-42-48-56(3)4/h55-58H,7-54H2,1-6H3/t58-/m1/s1. The average Bonchev–Trinajstić information content (AvgIpc) is 3.29. The molecule has 0 fully saturated rings. The highest BCUT2D eigenvalue weighted by Gasteiger charge is 2.19. The van der Waals surface area contributed by atoms with E-state index in [0.717, 1.165) is 75.5 Å². The zero-order chi connectivity index (χ0) is 49.1. The smallest absolute Gasteiger partial charge is 0.306 e. The molecular formula is C61H118O6. The summed E-state index contributed by atoms with van der Waals surface area (Å²) in [6, 6.07) is 0. The minimum atomic E-state index is -0.764. The molecule has 1 atom stereocenters. The van der Waals surface area contributed by atoms with Crippen molar-refractivity contribution in [1.29, 1.82) is 0 Å². The predicted octanol–water partition coefficient (Wildman–Crippen LogP) is 19.9. The zero-order valence-corrected chi connectivity index (χ0v) is 46.2. The Labute approximate surface area is 418 Å². The number of carbonyl (C=O) groups excluding carboxylic acids is 3. The van der Waals surface area contributed by atoms with Gasteiger partial charge in [-0.05, 0) is 37.0 Å². The second-order valence-corrected chi connectivity index (χ2v) is 22.4. The molecule has 0 rings (SSSR count). The van der Waals surface area contributed by atoms with Gasteiger partial charge in [0.05, 0.1) is 0 Å². The average molecular weight is 948 g/mol. The van der Waals surface area contributed by atoms with Crippen molar-refractivity contribution in [3.05, 3.63) is 0 Å². The van der Waals surface area contributed by atoms with Crippen LogP contribution in [0.1, 0.15) is 337 Å². The Morgan fingerprint density at radius 2 is 0.433 bits per heavy atom. The summed E-state index contributed by atoms with van der Waals surface area (Å²) in [6.07, 6.45) is 55.4. The summed E-state index contributed by atoms with van der Waals surface area (Å²) in [6.45, 7) is 13.8. The highest BCUT2D eigenvalue weighted by atomic mass is 16.6. The second kappa shape index (κ2) is 52.2. The van der Waals surface area contributed by atoms with Gasteiger partial charge in [-0.15, -0.1) is 0 Å². The molecule has 0 spiro atoms. The van der Waals surface area contributed by atoms with Crippen molar-refractivity contribution < 1.29 is 28.6 Å². The molecule has 0 aromatic rings. The van der Waals surface area contributed by atoms with Crippen LogP contribution in [-0.2, 0) is 28.6 Å². The largest absolute Gasteiger partial charge is 0.462 e. The van der Waals surface area contributed by atoms with Crippen molar-refractivity contribution in [1.82, 2.24) is 0 Å². The molecule has 0 aromatic heterocycles. The van der Waals surface area contributed by atoms with Gasteiger partial charge in [0.15, 0.2) is 6.10 Å². The molecule has 0 aliphatic heterocycles. The van der Waals surface area contributed by atoms with Crippen LogP contribution in [0.3, 0.4) is 0 Å². The van der Waals surface area contributed by atoms with E-state index in [0.29, 0.717) is 19.3 Å². The molecule has 0 saturated heterocycles. The van der Waals surface area contributed by atoms with E-state index < -0.39 is 6.10 Å². The normalized spacial score (nSPS) is 12.1. The molecule has 0 aliphatic rings. The first-order chi connectivity index (χ1) is 32.6. The summed E-state index contributed by atoms with van der Waals surface area (Å²) in [7, 11) is 0.